The predicted molar refractivity (Wildman–Crippen MR) is 109 cm³/mol. The van der Waals surface area contributed by atoms with Gasteiger partial charge >= 0.3 is 0 Å². The van der Waals surface area contributed by atoms with Gasteiger partial charge in [-0.25, -0.2) is 0 Å². The number of ether oxygens (including phenoxy) is 3. The van der Waals surface area contributed by atoms with E-state index in [0.29, 0.717) is 41.7 Å². The van der Waals surface area contributed by atoms with Crippen LogP contribution in [-0.4, -0.2) is 65.0 Å². The van der Waals surface area contributed by atoms with Gasteiger partial charge in [-0.05, 0) is 30.7 Å². The molecule has 1 unspecified atom stereocenters. The molecule has 1 aliphatic rings. The van der Waals surface area contributed by atoms with E-state index in [1.807, 2.05) is 6.07 Å². The van der Waals surface area contributed by atoms with Crippen molar-refractivity contribution < 1.29 is 23.8 Å². The molecular formula is C20H22N6O5. The van der Waals surface area contributed by atoms with Crippen molar-refractivity contribution in [3.8, 4) is 28.8 Å². The third kappa shape index (κ3) is 4.34. The summed E-state index contributed by atoms with van der Waals surface area (Å²) in [7, 11) is 3.13. The number of hydrogen-bond donors (Lipinski definition) is 2. The van der Waals surface area contributed by atoms with Crippen LogP contribution in [0.3, 0.4) is 0 Å². The molecule has 0 bridgehead atoms. The Morgan fingerprint density at radius 1 is 1.19 bits per heavy atom. The standard InChI is InChI=1S/C20H22N6O5/c1-29-14-5-3-12(11-15(14)30-2)19-24-23-16-6-8-18(25-26(16)19)31-10-9-21-20(28)13-4-7-17(27)22-13/h3,5-6,8,11,13H,4,7,9-10H2,1-2H3,(H,21,28)(H,22,27). The summed E-state index contributed by atoms with van der Waals surface area (Å²) in [4.78, 5) is 23.2. The first-order chi connectivity index (χ1) is 15.1. The van der Waals surface area contributed by atoms with Gasteiger partial charge in [-0.15, -0.1) is 15.3 Å². The Balaban J connectivity index is 1.42. The molecule has 0 radical (unpaired) electrons. The zero-order valence-electron chi connectivity index (χ0n) is 17.1. The lowest BCUT2D eigenvalue weighted by molar-refractivity contribution is -0.125. The van der Waals surface area contributed by atoms with Crippen molar-refractivity contribution in [2.45, 2.75) is 18.9 Å². The van der Waals surface area contributed by atoms with Crippen LogP contribution in [-0.2, 0) is 9.59 Å². The quantitative estimate of drug-likeness (QED) is 0.501. The Morgan fingerprint density at radius 3 is 2.77 bits per heavy atom. The lowest BCUT2D eigenvalue weighted by atomic mass is 10.2. The lowest BCUT2D eigenvalue weighted by Crippen LogP contribution is -2.42. The topological polar surface area (TPSA) is 129 Å². The smallest absolute Gasteiger partial charge is 0.242 e. The van der Waals surface area contributed by atoms with E-state index in [1.165, 1.54) is 0 Å². The number of nitrogens with one attached hydrogen (secondary N) is 2. The van der Waals surface area contributed by atoms with Gasteiger partial charge in [-0.1, -0.05) is 0 Å². The van der Waals surface area contributed by atoms with Crippen molar-refractivity contribution in [1.82, 2.24) is 30.4 Å². The van der Waals surface area contributed by atoms with Gasteiger partial charge in [0, 0.05) is 18.1 Å². The van der Waals surface area contributed by atoms with Gasteiger partial charge in [0.2, 0.25) is 17.7 Å². The molecule has 162 valence electrons. The maximum atomic E-state index is 12.0. The number of fused-ring (bicyclic) bond motifs is 1. The molecule has 1 aliphatic heterocycles. The van der Waals surface area contributed by atoms with Crippen LogP contribution in [0.4, 0.5) is 0 Å². The van der Waals surface area contributed by atoms with Crippen LogP contribution in [0.5, 0.6) is 17.4 Å². The van der Waals surface area contributed by atoms with E-state index in [1.54, 1.807) is 43.0 Å². The van der Waals surface area contributed by atoms with E-state index in [2.05, 4.69) is 25.9 Å². The Labute approximate surface area is 177 Å². The Bertz CT molecular complexity index is 1110. The molecule has 2 amide bonds. The first-order valence-electron chi connectivity index (χ1n) is 9.74. The van der Waals surface area contributed by atoms with Crippen molar-refractivity contribution in [2.75, 3.05) is 27.4 Å². The summed E-state index contributed by atoms with van der Waals surface area (Å²) < 4.78 is 17.9. The fourth-order valence-electron chi connectivity index (χ4n) is 3.27. The molecule has 3 heterocycles. The number of hydrogen-bond acceptors (Lipinski definition) is 8. The first kappa shape index (κ1) is 20.4. The predicted octanol–water partition coefficient (Wildman–Crippen LogP) is 0.582. The van der Waals surface area contributed by atoms with Gasteiger partial charge in [0.1, 0.15) is 12.6 Å². The molecule has 2 N–H and O–H groups in total. The van der Waals surface area contributed by atoms with Crippen LogP contribution in [0, 0.1) is 0 Å². The number of carbonyl (C=O) groups is 2. The van der Waals surface area contributed by atoms with Gasteiger partial charge in [0.05, 0.1) is 20.8 Å². The number of methoxy groups -OCH3 is 2. The minimum absolute atomic E-state index is 0.104. The fraction of sp³-hybridized carbons (Fsp3) is 0.350. The third-order valence-electron chi connectivity index (χ3n) is 4.84. The highest BCUT2D eigenvalue weighted by molar-refractivity contribution is 5.90. The Hall–Kier alpha value is -3.89. The van der Waals surface area contributed by atoms with Gasteiger partial charge in [-0.2, -0.15) is 4.52 Å². The van der Waals surface area contributed by atoms with E-state index in [-0.39, 0.29) is 25.0 Å². The fourth-order valence-corrected chi connectivity index (χ4v) is 3.27. The third-order valence-corrected chi connectivity index (χ3v) is 4.84. The van der Waals surface area contributed by atoms with E-state index < -0.39 is 6.04 Å². The molecule has 11 nitrogen and oxygen atoms in total. The van der Waals surface area contributed by atoms with Gasteiger partial charge < -0.3 is 24.8 Å². The Kier molecular flexibility index (Phi) is 5.83. The summed E-state index contributed by atoms with van der Waals surface area (Å²) in [6.07, 6.45) is 0.885. The molecule has 1 aromatic carbocycles. The number of aromatic nitrogens is 4. The SMILES string of the molecule is COc1ccc(-c2nnc3ccc(OCCNC(=O)C4CCC(=O)N4)nn23)cc1OC. The minimum atomic E-state index is -0.469. The van der Waals surface area contributed by atoms with Crippen molar-refractivity contribution in [1.29, 1.82) is 0 Å². The van der Waals surface area contributed by atoms with Crippen LogP contribution in [0.2, 0.25) is 0 Å². The maximum Gasteiger partial charge on any atom is 0.242 e. The molecule has 1 saturated heterocycles. The average Bonchev–Trinajstić information content (AvgIpc) is 3.42. The van der Waals surface area contributed by atoms with E-state index in [9.17, 15) is 9.59 Å². The summed E-state index contributed by atoms with van der Waals surface area (Å²) in [5.74, 6) is 1.74. The first-order valence-corrected chi connectivity index (χ1v) is 9.74. The van der Waals surface area contributed by atoms with Crippen LogP contribution >= 0.6 is 0 Å². The van der Waals surface area contributed by atoms with Crippen molar-refractivity contribution in [3.05, 3.63) is 30.3 Å². The number of carbonyl (C=O) groups excluding carboxylic acids is 2. The molecular weight excluding hydrogens is 404 g/mol. The van der Waals surface area contributed by atoms with E-state index in [4.69, 9.17) is 14.2 Å². The van der Waals surface area contributed by atoms with Crippen molar-refractivity contribution in [2.24, 2.45) is 0 Å². The second-order valence-electron chi connectivity index (χ2n) is 6.83. The molecule has 31 heavy (non-hydrogen) atoms. The summed E-state index contributed by atoms with van der Waals surface area (Å²) in [5, 5.41) is 18.2. The summed E-state index contributed by atoms with van der Waals surface area (Å²) in [6, 6.07) is 8.37. The normalized spacial score (nSPS) is 15.5. The molecule has 0 spiro atoms. The number of benzene rings is 1. The van der Waals surface area contributed by atoms with Crippen LogP contribution in [0.15, 0.2) is 30.3 Å². The number of rotatable bonds is 8. The van der Waals surface area contributed by atoms with Crippen LogP contribution in [0.1, 0.15) is 12.8 Å². The van der Waals surface area contributed by atoms with Crippen molar-refractivity contribution >= 4 is 17.5 Å². The largest absolute Gasteiger partial charge is 0.493 e. The second kappa shape index (κ2) is 8.86. The van der Waals surface area contributed by atoms with Gasteiger partial charge in [0.25, 0.3) is 0 Å². The number of amides is 2. The molecule has 0 aliphatic carbocycles. The van der Waals surface area contributed by atoms with Crippen molar-refractivity contribution in [3.63, 3.8) is 0 Å². The van der Waals surface area contributed by atoms with E-state index in [0.717, 1.165) is 5.56 Å². The zero-order valence-corrected chi connectivity index (χ0v) is 17.1. The summed E-state index contributed by atoms with van der Waals surface area (Å²) >= 11 is 0. The lowest BCUT2D eigenvalue weighted by Gasteiger charge is -2.11. The number of nitrogens with zero attached hydrogens (tertiary/aromatic N) is 4. The molecule has 0 saturated carbocycles. The molecule has 2 aromatic heterocycles. The molecule has 3 aromatic rings. The zero-order chi connectivity index (χ0) is 21.8. The van der Waals surface area contributed by atoms with Gasteiger partial charge in [-0.3, -0.25) is 9.59 Å². The van der Waals surface area contributed by atoms with Gasteiger partial charge in [0.15, 0.2) is 23.0 Å². The highest BCUT2D eigenvalue weighted by Crippen LogP contribution is 2.31. The summed E-state index contributed by atoms with van der Waals surface area (Å²) in [5.41, 5.74) is 1.31. The van der Waals surface area contributed by atoms with Crippen LogP contribution < -0.4 is 24.8 Å². The van der Waals surface area contributed by atoms with Crippen LogP contribution in [0.25, 0.3) is 17.0 Å². The molecule has 4 rings (SSSR count). The highest BCUT2D eigenvalue weighted by atomic mass is 16.5. The molecule has 11 heteroatoms. The monoisotopic (exact) mass is 426 g/mol. The molecule has 1 atom stereocenters. The molecule has 1 fully saturated rings. The maximum absolute atomic E-state index is 12.0. The Morgan fingerprint density at radius 2 is 2.03 bits per heavy atom. The minimum Gasteiger partial charge on any atom is -0.493 e. The summed E-state index contributed by atoms with van der Waals surface area (Å²) in [6.45, 7) is 0.508. The highest BCUT2D eigenvalue weighted by Gasteiger charge is 2.26. The van der Waals surface area contributed by atoms with E-state index >= 15 is 0 Å². The second-order valence-corrected chi connectivity index (χ2v) is 6.83. The average molecular weight is 426 g/mol.